The average molecular weight is 264 g/mol. The zero-order chi connectivity index (χ0) is 14.2. The van der Waals surface area contributed by atoms with Gasteiger partial charge in [0.2, 0.25) is 0 Å². The first kappa shape index (κ1) is 13.3. The van der Waals surface area contributed by atoms with E-state index < -0.39 is 6.16 Å². The Kier molecular flexibility index (Phi) is 3.42. The maximum absolute atomic E-state index is 10.8. The third kappa shape index (κ3) is 2.52. The molecule has 0 radical (unpaired) electrons. The zero-order valence-electron chi connectivity index (χ0n) is 11.3. The molecule has 0 unspecified atom stereocenters. The van der Waals surface area contributed by atoms with Crippen molar-refractivity contribution in [2.75, 3.05) is 0 Å². The van der Waals surface area contributed by atoms with E-state index in [1.165, 1.54) is 0 Å². The Morgan fingerprint density at radius 1 is 1.32 bits per heavy atom. The molecule has 2 heterocycles. The van der Waals surface area contributed by atoms with Crippen LogP contribution in [-0.2, 0) is 0 Å². The van der Waals surface area contributed by atoms with Gasteiger partial charge in [-0.2, -0.15) is 0 Å². The van der Waals surface area contributed by atoms with Crippen molar-refractivity contribution in [1.29, 1.82) is 0 Å². The number of fused-ring (bicyclic) bond motifs is 1. The summed E-state index contributed by atoms with van der Waals surface area (Å²) >= 11 is 0. The predicted molar refractivity (Wildman–Crippen MR) is 68.6 cm³/mol. The van der Waals surface area contributed by atoms with Gasteiger partial charge >= 0.3 is 6.16 Å². The Hall–Kier alpha value is -2.11. The molecule has 0 aliphatic rings. The second kappa shape index (κ2) is 4.87. The van der Waals surface area contributed by atoms with E-state index in [0.717, 1.165) is 0 Å². The van der Waals surface area contributed by atoms with E-state index in [-0.39, 0.29) is 17.6 Å². The number of hydrogen-bond acceptors (Lipinski definition) is 5. The molecule has 1 N–H and O–H groups in total. The molecule has 2 rings (SSSR count). The smallest absolute Gasteiger partial charge is 0.449 e. The number of rotatable bonds is 3. The SMILES string of the molecule is CC(C)c1cc(OC(=O)O)c2c(C(C)C)noc2n1. The van der Waals surface area contributed by atoms with E-state index in [0.29, 0.717) is 22.5 Å². The summed E-state index contributed by atoms with van der Waals surface area (Å²) in [4.78, 5) is 15.1. The molecule has 0 bridgehead atoms. The first-order valence-electron chi connectivity index (χ1n) is 6.11. The molecule has 0 saturated carbocycles. The summed E-state index contributed by atoms with van der Waals surface area (Å²) in [6.45, 7) is 7.80. The summed E-state index contributed by atoms with van der Waals surface area (Å²) in [6, 6.07) is 1.63. The summed E-state index contributed by atoms with van der Waals surface area (Å²) in [6.07, 6.45) is -1.36. The maximum atomic E-state index is 10.8. The second-order valence-electron chi connectivity index (χ2n) is 4.97. The molecule has 0 fully saturated rings. The van der Waals surface area contributed by atoms with E-state index in [2.05, 4.69) is 10.1 Å². The summed E-state index contributed by atoms with van der Waals surface area (Å²) in [5, 5.41) is 13.3. The van der Waals surface area contributed by atoms with E-state index in [1.807, 2.05) is 27.7 Å². The molecular formula is C13H16N2O4. The fraction of sp³-hybridized carbons (Fsp3) is 0.462. The van der Waals surface area contributed by atoms with E-state index in [1.54, 1.807) is 6.07 Å². The largest absolute Gasteiger partial charge is 0.511 e. The third-order valence-electron chi connectivity index (χ3n) is 2.79. The van der Waals surface area contributed by atoms with Gasteiger partial charge in [-0.15, -0.1) is 0 Å². The normalized spacial score (nSPS) is 11.5. The number of aromatic nitrogens is 2. The van der Waals surface area contributed by atoms with Gasteiger partial charge in [-0.25, -0.2) is 9.78 Å². The fourth-order valence-corrected chi connectivity index (χ4v) is 1.82. The summed E-state index contributed by atoms with van der Waals surface area (Å²) in [5.41, 5.74) is 1.66. The van der Waals surface area contributed by atoms with Crippen molar-refractivity contribution in [3.05, 3.63) is 17.5 Å². The zero-order valence-corrected chi connectivity index (χ0v) is 11.3. The summed E-state index contributed by atoms with van der Waals surface area (Å²) in [5.74, 6) is 0.448. The van der Waals surface area contributed by atoms with Crippen LogP contribution in [0, 0.1) is 0 Å². The molecule has 19 heavy (non-hydrogen) atoms. The highest BCUT2D eigenvalue weighted by atomic mass is 16.7. The van der Waals surface area contributed by atoms with Crippen LogP contribution in [0.2, 0.25) is 0 Å². The Balaban J connectivity index is 2.69. The van der Waals surface area contributed by atoms with Crippen LogP contribution in [0.25, 0.3) is 11.1 Å². The van der Waals surface area contributed by atoms with Crippen molar-refractivity contribution in [3.63, 3.8) is 0 Å². The lowest BCUT2D eigenvalue weighted by Gasteiger charge is -2.08. The van der Waals surface area contributed by atoms with Gasteiger partial charge in [-0.3, -0.25) is 0 Å². The molecule has 0 saturated heterocycles. The van der Waals surface area contributed by atoms with Crippen molar-refractivity contribution in [2.45, 2.75) is 39.5 Å². The molecule has 0 aliphatic carbocycles. The van der Waals surface area contributed by atoms with E-state index in [9.17, 15) is 4.79 Å². The summed E-state index contributed by atoms with van der Waals surface area (Å²) in [7, 11) is 0. The highest BCUT2D eigenvalue weighted by Gasteiger charge is 2.21. The summed E-state index contributed by atoms with van der Waals surface area (Å²) < 4.78 is 10.0. The molecule has 0 atom stereocenters. The molecule has 0 aromatic carbocycles. The monoisotopic (exact) mass is 264 g/mol. The van der Waals surface area contributed by atoms with Crippen LogP contribution in [0.4, 0.5) is 4.79 Å². The molecule has 0 amide bonds. The molecular weight excluding hydrogens is 248 g/mol. The lowest BCUT2D eigenvalue weighted by molar-refractivity contribution is 0.145. The number of hydrogen-bond donors (Lipinski definition) is 1. The lowest BCUT2D eigenvalue weighted by atomic mass is 10.0. The van der Waals surface area contributed by atoms with Crippen molar-refractivity contribution >= 4 is 17.3 Å². The molecule has 2 aromatic heterocycles. The second-order valence-corrected chi connectivity index (χ2v) is 4.97. The van der Waals surface area contributed by atoms with Crippen molar-refractivity contribution in [2.24, 2.45) is 0 Å². The van der Waals surface area contributed by atoms with Crippen molar-refractivity contribution in [3.8, 4) is 5.75 Å². The van der Waals surface area contributed by atoms with Crippen LogP contribution >= 0.6 is 0 Å². The van der Waals surface area contributed by atoms with E-state index >= 15 is 0 Å². The Labute approximate surface area is 110 Å². The van der Waals surface area contributed by atoms with Crippen molar-refractivity contribution < 1.29 is 19.2 Å². The first-order chi connectivity index (χ1) is 8.90. The Morgan fingerprint density at radius 3 is 2.53 bits per heavy atom. The molecule has 102 valence electrons. The van der Waals surface area contributed by atoms with Gasteiger partial charge in [0, 0.05) is 6.07 Å². The number of carboxylic acid groups (broad SMARTS) is 1. The highest BCUT2D eigenvalue weighted by Crippen LogP contribution is 2.34. The molecule has 2 aromatic rings. The van der Waals surface area contributed by atoms with Crippen LogP contribution in [0.3, 0.4) is 0 Å². The minimum atomic E-state index is -1.36. The first-order valence-corrected chi connectivity index (χ1v) is 6.11. The van der Waals surface area contributed by atoms with E-state index in [4.69, 9.17) is 14.4 Å². The Bertz CT molecular complexity index is 616. The van der Waals surface area contributed by atoms with Crippen LogP contribution in [0.1, 0.15) is 50.9 Å². The number of carbonyl (C=O) groups is 1. The maximum Gasteiger partial charge on any atom is 0.511 e. The molecule has 6 nitrogen and oxygen atoms in total. The minimum absolute atomic E-state index is 0.0871. The number of ether oxygens (including phenoxy) is 1. The number of nitrogens with zero attached hydrogens (tertiary/aromatic N) is 2. The highest BCUT2D eigenvalue weighted by molar-refractivity contribution is 5.86. The Morgan fingerprint density at radius 2 is 2.00 bits per heavy atom. The van der Waals surface area contributed by atoms with Crippen LogP contribution in [-0.4, -0.2) is 21.4 Å². The van der Waals surface area contributed by atoms with Gasteiger partial charge in [-0.1, -0.05) is 32.9 Å². The van der Waals surface area contributed by atoms with Gasteiger partial charge in [-0.05, 0) is 11.8 Å². The molecule has 6 heteroatoms. The van der Waals surface area contributed by atoms with Gasteiger partial charge in [0.25, 0.3) is 5.71 Å². The number of pyridine rings is 1. The van der Waals surface area contributed by atoms with Crippen LogP contribution in [0.5, 0.6) is 5.75 Å². The molecule has 0 aliphatic heterocycles. The van der Waals surface area contributed by atoms with Gasteiger partial charge < -0.3 is 14.4 Å². The lowest BCUT2D eigenvalue weighted by Crippen LogP contribution is -2.05. The predicted octanol–water partition coefficient (Wildman–Crippen LogP) is 3.53. The fourth-order valence-electron chi connectivity index (χ4n) is 1.82. The van der Waals surface area contributed by atoms with Gasteiger partial charge in [0.05, 0.1) is 11.4 Å². The topological polar surface area (TPSA) is 85.5 Å². The average Bonchev–Trinajstić information content (AvgIpc) is 2.71. The van der Waals surface area contributed by atoms with Gasteiger partial charge in [0.15, 0.2) is 5.75 Å². The van der Waals surface area contributed by atoms with Crippen LogP contribution in [0.15, 0.2) is 10.6 Å². The molecule has 0 spiro atoms. The quantitative estimate of drug-likeness (QED) is 0.853. The van der Waals surface area contributed by atoms with Crippen LogP contribution < -0.4 is 4.74 Å². The van der Waals surface area contributed by atoms with Gasteiger partial charge in [0.1, 0.15) is 5.39 Å². The third-order valence-corrected chi connectivity index (χ3v) is 2.79. The minimum Gasteiger partial charge on any atom is -0.449 e. The standard InChI is InChI=1S/C13H16N2O4/c1-6(2)8-5-9(18-13(16)17)10-11(7(3)4)15-19-12(10)14-8/h5-7H,1-4H3,(H,16,17). The van der Waals surface area contributed by atoms with Crippen molar-refractivity contribution in [1.82, 2.24) is 10.1 Å².